The van der Waals surface area contributed by atoms with E-state index in [1.165, 1.54) is 11.3 Å². The SMILES string of the molecule is CNCCCn1nc(C)c(C)c1C. The van der Waals surface area contributed by atoms with E-state index in [1.807, 2.05) is 7.05 Å². The van der Waals surface area contributed by atoms with E-state index in [2.05, 4.69) is 35.9 Å². The zero-order valence-electron chi connectivity index (χ0n) is 9.02. The van der Waals surface area contributed by atoms with Crippen molar-refractivity contribution in [1.82, 2.24) is 15.1 Å². The Morgan fingerprint density at radius 3 is 2.46 bits per heavy atom. The highest BCUT2D eigenvalue weighted by Crippen LogP contribution is 2.10. The summed E-state index contributed by atoms with van der Waals surface area (Å²) in [4.78, 5) is 0. The van der Waals surface area contributed by atoms with E-state index >= 15 is 0 Å². The van der Waals surface area contributed by atoms with Gasteiger partial charge >= 0.3 is 0 Å². The summed E-state index contributed by atoms with van der Waals surface area (Å²) >= 11 is 0. The molecule has 0 aliphatic carbocycles. The van der Waals surface area contributed by atoms with Crippen molar-refractivity contribution >= 4 is 0 Å². The molecule has 0 aromatic carbocycles. The van der Waals surface area contributed by atoms with Gasteiger partial charge in [0.2, 0.25) is 0 Å². The van der Waals surface area contributed by atoms with Crippen LogP contribution in [0.4, 0.5) is 0 Å². The van der Waals surface area contributed by atoms with Gasteiger partial charge in [-0.25, -0.2) is 0 Å². The van der Waals surface area contributed by atoms with Crippen molar-refractivity contribution in [2.75, 3.05) is 13.6 Å². The molecule has 0 amide bonds. The molecule has 74 valence electrons. The Bertz CT molecular complexity index is 276. The molecule has 1 aromatic heterocycles. The second-order valence-corrected chi connectivity index (χ2v) is 3.48. The first-order chi connectivity index (χ1) is 6.16. The zero-order valence-corrected chi connectivity index (χ0v) is 9.02. The molecule has 1 rings (SSSR count). The third kappa shape index (κ3) is 2.31. The molecule has 0 aliphatic heterocycles. The number of hydrogen-bond acceptors (Lipinski definition) is 2. The number of aryl methyl sites for hydroxylation is 2. The molecule has 3 nitrogen and oxygen atoms in total. The molecule has 1 heterocycles. The summed E-state index contributed by atoms with van der Waals surface area (Å²) in [6, 6.07) is 0. The molecule has 0 saturated heterocycles. The molecule has 0 aliphatic rings. The summed E-state index contributed by atoms with van der Waals surface area (Å²) < 4.78 is 2.10. The van der Waals surface area contributed by atoms with E-state index < -0.39 is 0 Å². The van der Waals surface area contributed by atoms with Crippen molar-refractivity contribution < 1.29 is 0 Å². The van der Waals surface area contributed by atoms with E-state index in [1.54, 1.807) is 0 Å². The Morgan fingerprint density at radius 2 is 2.00 bits per heavy atom. The van der Waals surface area contributed by atoms with E-state index in [0.29, 0.717) is 0 Å². The van der Waals surface area contributed by atoms with Gasteiger partial charge in [0.1, 0.15) is 0 Å². The maximum atomic E-state index is 4.47. The average Bonchev–Trinajstić information content (AvgIpc) is 2.34. The fraction of sp³-hybridized carbons (Fsp3) is 0.700. The molecule has 0 atom stereocenters. The summed E-state index contributed by atoms with van der Waals surface area (Å²) in [6.07, 6.45) is 1.14. The lowest BCUT2D eigenvalue weighted by Crippen LogP contribution is -2.12. The molecule has 0 saturated carbocycles. The summed E-state index contributed by atoms with van der Waals surface area (Å²) in [5.41, 5.74) is 3.78. The molecule has 0 radical (unpaired) electrons. The van der Waals surface area contributed by atoms with Crippen molar-refractivity contribution in [1.29, 1.82) is 0 Å². The van der Waals surface area contributed by atoms with E-state index in [-0.39, 0.29) is 0 Å². The van der Waals surface area contributed by atoms with Gasteiger partial charge in [-0.1, -0.05) is 0 Å². The first-order valence-corrected chi connectivity index (χ1v) is 4.82. The largest absolute Gasteiger partial charge is 0.320 e. The van der Waals surface area contributed by atoms with E-state index in [4.69, 9.17) is 0 Å². The van der Waals surface area contributed by atoms with Crippen molar-refractivity contribution in [3.8, 4) is 0 Å². The van der Waals surface area contributed by atoms with Crippen LogP contribution < -0.4 is 5.32 Å². The predicted octanol–water partition coefficient (Wildman–Crippen LogP) is 1.42. The third-order valence-electron chi connectivity index (χ3n) is 2.54. The van der Waals surface area contributed by atoms with Crippen LogP contribution >= 0.6 is 0 Å². The minimum absolute atomic E-state index is 1.02. The van der Waals surface area contributed by atoms with Gasteiger partial charge in [0, 0.05) is 12.2 Å². The number of nitrogens with zero attached hydrogens (tertiary/aromatic N) is 2. The normalized spacial score (nSPS) is 10.8. The molecule has 0 bridgehead atoms. The molecule has 0 fully saturated rings. The highest BCUT2D eigenvalue weighted by Gasteiger charge is 2.05. The van der Waals surface area contributed by atoms with Gasteiger partial charge in [-0.15, -0.1) is 0 Å². The second-order valence-electron chi connectivity index (χ2n) is 3.48. The molecule has 1 aromatic rings. The monoisotopic (exact) mass is 181 g/mol. The maximum absolute atomic E-state index is 4.47. The third-order valence-corrected chi connectivity index (χ3v) is 2.54. The fourth-order valence-corrected chi connectivity index (χ4v) is 1.41. The lowest BCUT2D eigenvalue weighted by atomic mass is 10.2. The molecular formula is C10H19N3. The fourth-order valence-electron chi connectivity index (χ4n) is 1.41. The lowest BCUT2D eigenvalue weighted by molar-refractivity contribution is 0.548. The van der Waals surface area contributed by atoms with Crippen molar-refractivity contribution in [3.63, 3.8) is 0 Å². The van der Waals surface area contributed by atoms with Crippen molar-refractivity contribution in [3.05, 3.63) is 17.0 Å². The number of aromatic nitrogens is 2. The summed E-state index contributed by atoms with van der Waals surface area (Å²) in [5.74, 6) is 0. The smallest absolute Gasteiger partial charge is 0.0625 e. The van der Waals surface area contributed by atoms with Crippen LogP contribution in [0.1, 0.15) is 23.4 Å². The first-order valence-electron chi connectivity index (χ1n) is 4.82. The van der Waals surface area contributed by atoms with Crippen LogP contribution in [-0.2, 0) is 6.54 Å². The molecule has 0 spiro atoms. The van der Waals surface area contributed by atoms with Crippen LogP contribution in [0.5, 0.6) is 0 Å². The number of nitrogens with one attached hydrogen (secondary N) is 1. The zero-order chi connectivity index (χ0) is 9.84. The maximum Gasteiger partial charge on any atom is 0.0625 e. The number of rotatable bonds is 4. The Labute approximate surface area is 80.1 Å². The topological polar surface area (TPSA) is 29.9 Å². The van der Waals surface area contributed by atoms with Crippen molar-refractivity contribution in [2.45, 2.75) is 33.7 Å². The predicted molar refractivity (Wildman–Crippen MR) is 55.0 cm³/mol. The lowest BCUT2D eigenvalue weighted by Gasteiger charge is -2.03. The average molecular weight is 181 g/mol. The highest BCUT2D eigenvalue weighted by molar-refractivity contribution is 5.21. The van der Waals surface area contributed by atoms with Crippen LogP contribution in [0.3, 0.4) is 0 Å². The summed E-state index contributed by atoms with van der Waals surface area (Å²) in [6.45, 7) is 8.40. The van der Waals surface area contributed by atoms with Gasteiger partial charge in [0.05, 0.1) is 5.69 Å². The minimum atomic E-state index is 1.02. The van der Waals surface area contributed by atoms with Gasteiger partial charge < -0.3 is 5.32 Å². The second kappa shape index (κ2) is 4.42. The van der Waals surface area contributed by atoms with Gasteiger partial charge in [-0.2, -0.15) is 5.10 Å². The Hall–Kier alpha value is -0.830. The summed E-state index contributed by atoms with van der Waals surface area (Å²) in [5, 5.41) is 7.61. The Balaban J connectivity index is 2.61. The van der Waals surface area contributed by atoms with Gasteiger partial charge in [-0.3, -0.25) is 4.68 Å². The van der Waals surface area contributed by atoms with E-state index in [0.717, 1.165) is 25.2 Å². The van der Waals surface area contributed by atoms with Gasteiger partial charge in [0.25, 0.3) is 0 Å². The molecular weight excluding hydrogens is 162 g/mol. The quantitative estimate of drug-likeness (QED) is 0.712. The van der Waals surface area contributed by atoms with Crippen LogP contribution in [0, 0.1) is 20.8 Å². The van der Waals surface area contributed by atoms with Crippen molar-refractivity contribution in [2.24, 2.45) is 0 Å². The number of hydrogen-bond donors (Lipinski definition) is 1. The molecule has 0 unspecified atom stereocenters. The first kappa shape index (κ1) is 10.3. The Kier molecular flexibility index (Phi) is 3.48. The van der Waals surface area contributed by atoms with E-state index in [9.17, 15) is 0 Å². The molecule has 3 heteroatoms. The Morgan fingerprint density at radius 1 is 1.31 bits per heavy atom. The standard InChI is InChI=1S/C10H19N3/c1-8-9(2)12-13(10(8)3)7-5-6-11-4/h11H,5-7H2,1-4H3. The van der Waals surface area contributed by atoms with Gasteiger partial charge in [0.15, 0.2) is 0 Å². The van der Waals surface area contributed by atoms with Crippen LogP contribution in [0.2, 0.25) is 0 Å². The van der Waals surface area contributed by atoms with Crippen LogP contribution in [0.25, 0.3) is 0 Å². The molecule has 1 N–H and O–H groups in total. The summed E-state index contributed by atoms with van der Waals surface area (Å²) in [7, 11) is 1.98. The van der Waals surface area contributed by atoms with Gasteiger partial charge in [-0.05, 0) is 46.3 Å². The highest BCUT2D eigenvalue weighted by atomic mass is 15.3. The molecule has 13 heavy (non-hydrogen) atoms. The van der Waals surface area contributed by atoms with Crippen LogP contribution in [-0.4, -0.2) is 23.4 Å². The minimum Gasteiger partial charge on any atom is -0.320 e. The van der Waals surface area contributed by atoms with Crippen LogP contribution in [0.15, 0.2) is 0 Å².